The van der Waals surface area contributed by atoms with Gasteiger partial charge in [0, 0.05) is 0 Å². The molecular formula is C13H20. The first-order chi connectivity index (χ1) is 5.72. The van der Waals surface area contributed by atoms with E-state index in [1.54, 1.807) is 12.2 Å². The minimum absolute atomic E-state index is 0. The van der Waals surface area contributed by atoms with Gasteiger partial charge >= 0.3 is 0 Å². The van der Waals surface area contributed by atoms with Crippen LogP contribution < -0.4 is 0 Å². The fourth-order valence-corrected chi connectivity index (χ4v) is 0.422. The molecule has 0 nitrogen and oxygen atoms in total. The molecule has 0 heterocycles. The molecule has 0 amide bonds. The average Bonchev–Trinajstić information content (AvgIpc) is 2.16. The van der Waals surface area contributed by atoms with E-state index in [1.807, 2.05) is 12.2 Å². The van der Waals surface area contributed by atoms with E-state index in [2.05, 4.69) is 39.5 Å². The van der Waals surface area contributed by atoms with Crippen LogP contribution >= 0.6 is 0 Å². The first-order valence-corrected chi connectivity index (χ1v) is 3.52. The Bertz CT molecular complexity index is 204. The minimum atomic E-state index is 0. The van der Waals surface area contributed by atoms with Crippen molar-refractivity contribution >= 4 is 0 Å². The van der Waals surface area contributed by atoms with Gasteiger partial charge in [-0.05, 0) is 11.1 Å². The molecule has 0 saturated carbocycles. The molecule has 13 heavy (non-hydrogen) atoms. The predicted octanol–water partition coefficient (Wildman–Crippen LogP) is 4.47. The quantitative estimate of drug-likeness (QED) is 0.438. The van der Waals surface area contributed by atoms with Crippen molar-refractivity contribution in [3.63, 3.8) is 0 Å². The second-order valence-electron chi connectivity index (χ2n) is 1.85. The highest BCUT2D eigenvalue weighted by Gasteiger charge is 1.86. The molecule has 0 rings (SSSR count). The van der Waals surface area contributed by atoms with Crippen molar-refractivity contribution in [3.8, 4) is 0 Å². The fourth-order valence-electron chi connectivity index (χ4n) is 0.422. The minimum Gasteiger partial charge on any atom is -0.106 e. The van der Waals surface area contributed by atoms with Gasteiger partial charge in [-0.15, -0.1) is 13.2 Å². The maximum absolute atomic E-state index is 3.76. The van der Waals surface area contributed by atoms with Gasteiger partial charge in [0.15, 0.2) is 0 Å². The Morgan fingerprint density at radius 1 is 0.923 bits per heavy atom. The van der Waals surface area contributed by atoms with Gasteiger partial charge in [0.2, 0.25) is 0 Å². The van der Waals surface area contributed by atoms with Gasteiger partial charge < -0.3 is 0 Å². The summed E-state index contributed by atoms with van der Waals surface area (Å²) in [5.41, 5.74) is 1.72. The van der Waals surface area contributed by atoms with Crippen LogP contribution in [0.2, 0.25) is 0 Å². The van der Waals surface area contributed by atoms with Gasteiger partial charge in [-0.25, -0.2) is 0 Å². The highest BCUT2D eigenvalue weighted by molar-refractivity contribution is 5.42. The zero-order valence-corrected chi connectivity index (χ0v) is 7.55. The van der Waals surface area contributed by atoms with Crippen LogP contribution in [-0.4, -0.2) is 0 Å². The van der Waals surface area contributed by atoms with Crippen molar-refractivity contribution in [2.45, 2.75) is 7.43 Å². The first-order valence-electron chi connectivity index (χ1n) is 3.52. The molecule has 0 atom stereocenters. The molecule has 0 aromatic heterocycles. The van der Waals surface area contributed by atoms with Crippen LogP contribution in [0.1, 0.15) is 7.43 Å². The average molecular weight is 176 g/mol. The summed E-state index contributed by atoms with van der Waals surface area (Å²) in [6, 6.07) is 0. The van der Waals surface area contributed by atoms with Crippen LogP contribution in [0.3, 0.4) is 0 Å². The number of rotatable bonds is 4. The van der Waals surface area contributed by atoms with Crippen LogP contribution in [0.4, 0.5) is 0 Å². The van der Waals surface area contributed by atoms with Crippen LogP contribution in [0.15, 0.2) is 74.9 Å². The van der Waals surface area contributed by atoms with Crippen molar-refractivity contribution in [2.24, 2.45) is 0 Å². The van der Waals surface area contributed by atoms with E-state index in [0.717, 1.165) is 11.1 Å². The zero-order chi connectivity index (χ0) is 9.98. The molecule has 0 aliphatic rings. The van der Waals surface area contributed by atoms with Gasteiger partial charge in [0.05, 0.1) is 0 Å². The van der Waals surface area contributed by atoms with E-state index < -0.39 is 0 Å². The van der Waals surface area contributed by atoms with Gasteiger partial charge in [-0.1, -0.05) is 58.0 Å². The maximum Gasteiger partial charge on any atom is -0.0262 e. The number of hydrogen-bond acceptors (Lipinski definition) is 0. The summed E-state index contributed by atoms with van der Waals surface area (Å²) in [6.07, 6.45) is 7.03. The fraction of sp³-hybridized carbons (Fsp3) is 0.0769. The van der Waals surface area contributed by atoms with Crippen molar-refractivity contribution in [1.82, 2.24) is 0 Å². The molecule has 0 N–H and O–H groups in total. The Hall–Kier alpha value is -1.56. The molecule has 0 aromatic carbocycles. The first kappa shape index (κ1) is 17.5. The molecule has 0 aliphatic heterocycles. The zero-order valence-electron chi connectivity index (χ0n) is 7.55. The van der Waals surface area contributed by atoms with Crippen LogP contribution in [-0.2, 0) is 0 Å². The second-order valence-corrected chi connectivity index (χ2v) is 1.85. The molecule has 0 aliphatic carbocycles. The molecule has 0 bridgehead atoms. The van der Waals surface area contributed by atoms with Crippen LogP contribution in [0.5, 0.6) is 0 Å². The van der Waals surface area contributed by atoms with Crippen molar-refractivity contribution < 1.29 is 0 Å². The molecule has 0 heteroatoms. The Kier molecular flexibility index (Phi) is 17.6. The molecular weight excluding hydrogens is 156 g/mol. The molecule has 72 valence electrons. The van der Waals surface area contributed by atoms with E-state index in [0.29, 0.717) is 0 Å². The van der Waals surface area contributed by atoms with E-state index in [1.165, 1.54) is 0 Å². The molecule has 0 fully saturated rings. The summed E-state index contributed by atoms with van der Waals surface area (Å²) >= 11 is 0. The Labute approximate surface area is 83.0 Å². The van der Waals surface area contributed by atoms with Gasteiger partial charge in [0.1, 0.15) is 0 Å². The lowest BCUT2D eigenvalue weighted by molar-refractivity contribution is 1.61. The molecule has 0 saturated heterocycles. The Morgan fingerprint density at radius 2 is 1.38 bits per heavy atom. The SMILES string of the molecule is C.C=C.C=C/C=C\C(=C)C(=C)C=C. The highest BCUT2D eigenvalue weighted by Crippen LogP contribution is 2.06. The summed E-state index contributed by atoms with van der Waals surface area (Å²) in [5.74, 6) is 0. The van der Waals surface area contributed by atoms with Gasteiger partial charge in [-0.2, -0.15) is 0 Å². The standard InChI is InChI=1S/C10H12.C2H4.CH4/c1-5-7-8-10(4)9(3)6-2;1-2;/h5-8H,1-4H2;1-2H2;1H4/b8-7-;;. The summed E-state index contributed by atoms with van der Waals surface area (Å²) in [5, 5.41) is 0. The lowest BCUT2D eigenvalue weighted by atomic mass is 10.1. The summed E-state index contributed by atoms with van der Waals surface area (Å²) in [6.45, 7) is 20.6. The largest absolute Gasteiger partial charge is 0.106 e. The lowest BCUT2D eigenvalue weighted by Crippen LogP contribution is -1.74. The van der Waals surface area contributed by atoms with Crippen molar-refractivity contribution in [1.29, 1.82) is 0 Å². The third-order valence-electron chi connectivity index (χ3n) is 1.09. The van der Waals surface area contributed by atoms with E-state index >= 15 is 0 Å². The monoisotopic (exact) mass is 176 g/mol. The van der Waals surface area contributed by atoms with Crippen LogP contribution in [0, 0.1) is 0 Å². The second kappa shape index (κ2) is 13.1. The number of hydrogen-bond donors (Lipinski definition) is 0. The summed E-state index contributed by atoms with van der Waals surface area (Å²) < 4.78 is 0. The third-order valence-corrected chi connectivity index (χ3v) is 1.09. The van der Waals surface area contributed by atoms with Crippen molar-refractivity contribution in [3.05, 3.63) is 74.9 Å². The van der Waals surface area contributed by atoms with E-state index in [9.17, 15) is 0 Å². The normalized spacial score (nSPS) is 7.38. The molecule has 0 unspecified atom stereocenters. The summed E-state index contributed by atoms with van der Waals surface area (Å²) in [4.78, 5) is 0. The van der Waals surface area contributed by atoms with Gasteiger partial charge in [-0.3, -0.25) is 0 Å². The van der Waals surface area contributed by atoms with Gasteiger partial charge in [0.25, 0.3) is 0 Å². The topological polar surface area (TPSA) is 0 Å². The third kappa shape index (κ3) is 10.4. The Balaban J connectivity index is -0.000000309. The van der Waals surface area contributed by atoms with E-state index in [-0.39, 0.29) is 7.43 Å². The highest BCUT2D eigenvalue weighted by atomic mass is 13.9. The van der Waals surface area contributed by atoms with E-state index in [4.69, 9.17) is 0 Å². The smallest absolute Gasteiger partial charge is 0.0262 e. The molecule has 0 spiro atoms. The maximum atomic E-state index is 3.76. The summed E-state index contributed by atoms with van der Waals surface area (Å²) in [7, 11) is 0. The lowest BCUT2D eigenvalue weighted by Gasteiger charge is -1.94. The van der Waals surface area contributed by atoms with Crippen LogP contribution in [0.25, 0.3) is 0 Å². The Morgan fingerprint density at radius 3 is 1.69 bits per heavy atom. The van der Waals surface area contributed by atoms with Crippen molar-refractivity contribution in [2.75, 3.05) is 0 Å². The molecule has 0 radical (unpaired) electrons. The molecule has 0 aromatic rings. The number of allylic oxidation sites excluding steroid dienone is 6. The predicted molar refractivity (Wildman–Crippen MR) is 65.8 cm³/mol.